The van der Waals surface area contributed by atoms with E-state index in [1.807, 2.05) is 42.5 Å². The predicted molar refractivity (Wildman–Crippen MR) is 137 cm³/mol. The molecular weight excluding hydrogens is 568 g/mol. The smallest absolute Gasteiger partial charge is 0.307 e. The topological polar surface area (TPSA) is 82.3 Å². The van der Waals surface area contributed by atoms with E-state index in [-0.39, 0.29) is 5.76 Å². The van der Waals surface area contributed by atoms with E-state index in [4.69, 9.17) is 18.6 Å². The maximum atomic E-state index is 12.5. The molecule has 1 heterocycles. The number of para-hydroxylation sites is 1. The van der Waals surface area contributed by atoms with E-state index in [1.165, 1.54) is 6.21 Å². The highest BCUT2D eigenvalue weighted by Crippen LogP contribution is 2.37. The molecule has 0 spiro atoms. The number of methoxy groups -OCH3 is 2. The van der Waals surface area contributed by atoms with Crippen LogP contribution in [0.4, 0.5) is 0 Å². The number of carbonyl (C=O) groups excluding carboxylic acids is 1. The molecule has 0 atom stereocenters. The summed E-state index contributed by atoms with van der Waals surface area (Å²) < 4.78 is 24.1. The fourth-order valence-corrected chi connectivity index (χ4v) is 4.06. The van der Waals surface area contributed by atoms with E-state index in [1.54, 1.807) is 32.4 Å². The highest BCUT2D eigenvalue weighted by molar-refractivity contribution is 9.10. The number of benzene rings is 3. The number of furan rings is 1. The molecule has 0 bridgehead atoms. The monoisotopic (exact) mass is 586 g/mol. The highest BCUT2D eigenvalue weighted by Gasteiger charge is 2.15. The fraction of sp³-hybridized carbons (Fsp3) is 0.120. The zero-order chi connectivity index (χ0) is 24.1. The first-order chi connectivity index (χ1) is 16.5. The van der Waals surface area contributed by atoms with Crippen molar-refractivity contribution in [2.24, 2.45) is 5.10 Å². The van der Waals surface area contributed by atoms with Gasteiger partial charge in [0.2, 0.25) is 0 Å². The van der Waals surface area contributed by atoms with Gasteiger partial charge in [-0.15, -0.1) is 0 Å². The van der Waals surface area contributed by atoms with Gasteiger partial charge in [-0.1, -0.05) is 40.2 Å². The van der Waals surface area contributed by atoms with Gasteiger partial charge in [-0.05, 0) is 63.5 Å². The molecule has 1 amide bonds. The first-order valence-corrected chi connectivity index (χ1v) is 11.7. The molecule has 0 radical (unpaired) electrons. The van der Waals surface area contributed by atoms with E-state index in [9.17, 15) is 4.79 Å². The summed E-state index contributed by atoms with van der Waals surface area (Å²) in [5.41, 5.74) is 4.70. The first-order valence-electron chi connectivity index (χ1n) is 10.1. The Labute approximate surface area is 212 Å². The lowest BCUT2D eigenvalue weighted by atomic mass is 10.2. The summed E-state index contributed by atoms with van der Waals surface area (Å²) in [6.45, 7) is 0.383. The van der Waals surface area contributed by atoms with Gasteiger partial charge in [-0.2, -0.15) is 5.10 Å². The quantitative estimate of drug-likeness (QED) is 0.193. The van der Waals surface area contributed by atoms with Crippen LogP contribution in [0, 0.1) is 0 Å². The van der Waals surface area contributed by atoms with Gasteiger partial charge in [0, 0.05) is 9.86 Å². The number of fused-ring (bicyclic) bond motifs is 1. The minimum atomic E-state index is -0.477. The molecule has 9 heteroatoms. The number of ether oxygens (including phenoxy) is 3. The second kappa shape index (κ2) is 10.8. The second-order valence-electron chi connectivity index (χ2n) is 7.14. The molecule has 0 saturated carbocycles. The van der Waals surface area contributed by atoms with E-state index in [0.29, 0.717) is 39.5 Å². The van der Waals surface area contributed by atoms with E-state index < -0.39 is 5.91 Å². The summed E-state index contributed by atoms with van der Waals surface area (Å²) in [4.78, 5) is 12.5. The summed E-state index contributed by atoms with van der Waals surface area (Å²) in [6.07, 6.45) is 1.51. The Morgan fingerprint density at radius 1 is 1.03 bits per heavy atom. The number of hydrogen-bond donors (Lipinski definition) is 1. The molecule has 0 aliphatic carbocycles. The molecule has 174 valence electrons. The van der Waals surface area contributed by atoms with Crippen LogP contribution in [0.3, 0.4) is 0 Å². The fourth-order valence-electron chi connectivity index (χ4n) is 3.22. The van der Waals surface area contributed by atoms with Gasteiger partial charge in [-0.3, -0.25) is 4.79 Å². The molecule has 1 aromatic heterocycles. The molecule has 4 aromatic rings. The molecular formula is C25H20Br2N2O5. The van der Waals surface area contributed by atoms with Gasteiger partial charge in [0.25, 0.3) is 0 Å². The zero-order valence-corrected chi connectivity index (χ0v) is 21.5. The van der Waals surface area contributed by atoms with Crippen LogP contribution in [-0.4, -0.2) is 26.3 Å². The van der Waals surface area contributed by atoms with Gasteiger partial charge < -0.3 is 18.6 Å². The molecule has 1 N–H and O–H groups in total. The Morgan fingerprint density at radius 2 is 1.79 bits per heavy atom. The molecule has 0 aliphatic heterocycles. The molecule has 3 aromatic carbocycles. The lowest BCUT2D eigenvalue weighted by Crippen LogP contribution is -2.16. The van der Waals surface area contributed by atoms with Crippen LogP contribution < -0.4 is 19.6 Å². The third-order valence-electron chi connectivity index (χ3n) is 4.88. The van der Waals surface area contributed by atoms with Gasteiger partial charge >= 0.3 is 5.91 Å². The Balaban J connectivity index is 1.45. The number of hydrogen-bond acceptors (Lipinski definition) is 6. The normalized spacial score (nSPS) is 11.1. The van der Waals surface area contributed by atoms with Crippen LogP contribution in [0.15, 0.2) is 79.1 Å². The van der Waals surface area contributed by atoms with Gasteiger partial charge in [-0.25, -0.2) is 5.43 Å². The van der Waals surface area contributed by atoms with E-state index in [2.05, 4.69) is 42.4 Å². The van der Waals surface area contributed by atoms with Gasteiger partial charge in [0.15, 0.2) is 28.6 Å². The average molecular weight is 588 g/mol. The SMILES string of the molecule is COc1cc(/C=N\NC(=O)c2cc3cccc(OC)c3o2)cc(Br)c1OCc1ccc(Br)cc1. The predicted octanol–water partition coefficient (Wildman–Crippen LogP) is 6.32. The maximum Gasteiger partial charge on any atom is 0.307 e. The molecule has 34 heavy (non-hydrogen) atoms. The minimum Gasteiger partial charge on any atom is -0.493 e. The Bertz CT molecular complexity index is 1350. The van der Waals surface area contributed by atoms with Crippen molar-refractivity contribution >= 4 is 55.0 Å². The zero-order valence-electron chi connectivity index (χ0n) is 18.3. The average Bonchev–Trinajstić information content (AvgIpc) is 3.29. The molecule has 0 aliphatic rings. The van der Waals surface area contributed by atoms with Gasteiger partial charge in [0.1, 0.15) is 6.61 Å². The Hall–Kier alpha value is -3.30. The largest absolute Gasteiger partial charge is 0.493 e. The first kappa shape index (κ1) is 23.8. The van der Waals surface area contributed by atoms with Crippen LogP contribution in [-0.2, 0) is 6.61 Å². The van der Waals surface area contributed by atoms with Crippen molar-refractivity contribution < 1.29 is 23.4 Å². The van der Waals surface area contributed by atoms with Crippen LogP contribution in [0.1, 0.15) is 21.7 Å². The van der Waals surface area contributed by atoms with Gasteiger partial charge in [0.05, 0.1) is 24.9 Å². The number of nitrogens with one attached hydrogen (secondary N) is 1. The molecule has 4 rings (SSSR count). The second-order valence-corrected chi connectivity index (χ2v) is 8.91. The number of halogens is 2. The number of rotatable bonds is 8. The summed E-state index contributed by atoms with van der Waals surface area (Å²) in [6, 6.07) is 18.5. The number of nitrogens with zero attached hydrogens (tertiary/aromatic N) is 1. The Morgan fingerprint density at radius 3 is 2.53 bits per heavy atom. The van der Waals surface area contributed by atoms with Crippen molar-refractivity contribution in [2.75, 3.05) is 14.2 Å². The van der Waals surface area contributed by atoms with Crippen molar-refractivity contribution in [2.45, 2.75) is 6.61 Å². The lowest BCUT2D eigenvalue weighted by Gasteiger charge is -2.13. The summed E-state index contributed by atoms with van der Waals surface area (Å²) in [7, 11) is 3.11. The molecule has 0 unspecified atom stereocenters. The highest BCUT2D eigenvalue weighted by atomic mass is 79.9. The van der Waals surface area contributed by atoms with E-state index in [0.717, 1.165) is 15.4 Å². The minimum absolute atomic E-state index is 0.132. The standard InChI is InChI=1S/C25H20Br2N2O5/c1-31-20-5-3-4-17-12-22(34-23(17)20)25(30)29-28-13-16-10-19(27)24(21(11-16)32-2)33-14-15-6-8-18(26)9-7-15/h3-13H,14H2,1-2H3,(H,29,30)/b28-13-. The third-order valence-corrected chi connectivity index (χ3v) is 6.00. The van der Waals surface area contributed by atoms with Crippen molar-refractivity contribution in [3.8, 4) is 17.2 Å². The van der Waals surface area contributed by atoms with Crippen molar-refractivity contribution in [1.82, 2.24) is 5.43 Å². The molecule has 0 saturated heterocycles. The Kier molecular flexibility index (Phi) is 7.54. The molecule has 0 fully saturated rings. The number of carbonyl (C=O) groups is 1. The van der Waals surface area contributed by atoms with Crippen LogP contribution in [0.2, 0.25) is 0 Å². The molecule has 7 nitrogen and oxygen atoms in total. The number of amides is 1. The summed E-state index contributed by atoms with van der Waals surface area (Å²) in [5, 5.41) is 4.81. The summed E-state index contributed by atoms with van der Waals surface area (Å²) >= 11 is 6.95. The third kappa shape index (κ3) is 5.43. The summed E-state index contributed by atoms with van der Waals surface area (Å²) in [5.74, 6) is 1.31. The maximum absolute atomic E-state index is 12.5. The number of hydrazone groups is 1. The van der Waals surface area contributed by atoms with E-state index >= 15 is 0 Å². The van der Waals surface area contributed by atoms with Crippen LogP contribution in [0.25, 0.3) is 11.0 Å². The van der Waals surface area contributed by atoms with Crippen LogP contribution >= 0.6 is 31.9 Å². The van der Waals surface area contributed by atoms with Crippen LogP contribution in [0.5, 0.6) is 17.2 Å². The van der Waals surface area contributed by atoms with Crippen molar-refractivity contribution in [3.63, 3.8) is 0 Å². The van der Waals surface area contributed by atoms with Crippen molar-refractivity contribution in [3.05, 3.63) is 86.5 Å². The van der Waals surface area contributed by atoms with Crippen molar-refractivity contribution in [1.29, 1.82) is 0 Å². The lowest BCUT2D eigenvalue weighted by molar-refractivity contribution is 0.0929.